The Labute approximate surface area is 215 Å². The summed E-state index contributed by atoms with van der Waals surface area (Å²) in [5.74, 6) is 2.59. The van der Waals surface area contributed by atoms with Gasteiger partial charge in [-0.05, 0) is 70.6 Å². The molecule has 1 amide bonds. The third-order valence-electron chi connectivity index (χ3n) is 5.18. The van der Waals surface area contributed by atoms with Crippen LogP contribution in [0.2, 0.25) is 0 Å². The maximum absolute atomic E-state index is 12.4. The van der Waals surface area contributed by atoms with Crippen molar-refractivity contribution >= 4 is 36.0 Å². The number of likely N-dealkylation sites (tertiary alicyclic amines) is 1. The molecule has 0 aromatic heterocycles. The number of nitrogens with zero attached hydrogens (tertiary/aromatic N) is 2. The largest absolute Gasteiger partial charge is 0.493 e. The van der Waals surface area contributed by atoms with Gasteiger partial charge in [-0.2, -0.15) is 0 Å². The number of amides is 1. The number of ether oxygens (including phenoxy) is 3. The molecule has 0 radical (unpaired) electrons. The van der Waals surface area contributed by atoms with Gasteiger partial charge in [-0.1, -0.05) is 6.07 Å². The van der Waals surface area contributed by atoms with Crippen molar-refractivity contribution in [3.8, 4) is 11.5 Å². The lowest BCUT2D eigenvalue weighted by Crippen LogP contribution is -2.44. The van der Waals surface area contributed by atoms with E-state index in [0.717, 1.165) is 61.9 Å². The number of hydrogen-bond acceptors (Lipinski definition) is 5. The molecule has 1 aromatic rings. The first-order valence-electron chi connectivity index (χ1n) is 11.5. The molecule has 8 nitrogen and oxygen atoms in total. The summed E-state index contributed by atoms with van der Waals surface area (Å²) < 4.78 is 16.2. The van der Waals surface area contributed by atoms with Crippen LogP contribution in [0.25, 0.3) is 0 Å². The zero-order valence-corrected chi connectivity index (χ0v) is 23.2. The Morgan fingerprint density at radius 3 is 2.55 bits per heavy atom. The molecule has 1 aromatic carbocycles. The highest BCUT2D eigenvalue weighted by Gasteiger charge is 2.27. The predicted octanol–water partition coefficient (Wildman–Crippen LogP) is 4.07. The summed E-state index contributed by atoms with van der Waals surface area (Å²) in [6, 6.07) is 5.96. The molecule has 0 bridgehead atoms. The van der Waals surface area contributed by atoms with Crippen molar-refractivity contribution in [2.75, 3.05) is 46.9 Å². The lowest BCUT2D eigenvalue weighted by Gasteiger charge is -2.33. The molecule has 0 saturated carbocycles. The number of aliphatic imine (C=N–C) groups is 1. The highest BCUT2D eigenvalue weighted by Crippen LogP contribution is 2.27. The summed E-state index contributed by atoms with van der Waals surface area (Å²) in [5, 5.41) is 6.70. The van der Waals surface area contributed by atoms with Crippen LogP contribution < -0.4 is 20.1 Å². The number of piperidine rings is 1. The summed E-state index contributed by atoms with van der Waals surface area (Å²) in [4.78, 5) is 19.0. The second-order valence-electron chi connectivity index (χ2n) is 9.02. The van der Waals surface area contributed by atoms with Crippen molar-refractivity contribution in [1.29, 1.82) is 0 Å². The quantitative estimate of drug-likeness (QED) is 0.276. The van der Waals surface area contributed by atoms with Crippen LogP contribution in [-0.4, -0.2) is 69.5 Å². The van der Waals surface area contributed by atoms with E-state index in [2.05, 4.69) is 17.6 Å². The first-order valence-corrected chi connectivity index (χ1v) is 11.5. The van der Waals surface area contributed by atoms with Gasteiger partial charge in [0.2, 0.25) is 0 Å². The van der Waals surface area contributed by atoms with Gasteiger partial charge in [-0.3, -0.25) is 4.99 Å². The molecule has 1 aliphatic rings. The van der Waals surface area contributed by atoms with Gasteiger partial charge < -0.3 is 29.7 Å². The van der Waals surface area contributed by atoms with E-state index < -0.39 is 5.60 Å². The van der Waals surface area contributed by atoms with E-state index in [1.807, 2.05) is 43.9 Å². The lowest BCUT2D eigenvalue weighted by molar-refractivity contribution is 0.0170. The molecule has 2 rings (SSSR count). The van der Waals surface area contributed by atoms with Crippen molar-refractivity contribution < 1.29 is 19.0 Å². The molecule has 1 atom stereocenters. The van der Waals surface area contributed by atoms with Crippen LogP contribution in [0.1, 0.15) is 46.1 Å². The second kappa shape index (κ2) is 14.4. The highest BCUT2D eigenvalue weighted by molar-refractivity contribution is 14.0. The molecule has 0 aliphatic carbocycles. The van der Waals surface area contributed by atoms with E-state index in [1.165, 1.54) is 0 Å². The van der Waals surface area contributed by atoms with Crippen LogP contribution in [0.5, 0.6) is 11.5 Å². The zero-order valence-electron chi connectivity index (χ0n) is 20.9. The smallest absolute Gasteiger partial charge is 0.410 e. The van der Waals surface area contributed by atoms with Gasteiger partial charge in [0.1, 0.15) is 5.60 Å². The fourth-order valence-electron chi connectivity index (χ4n) is 3.63. The fraction of sp³-hybridized carbons (Fsp3) is 0.667. The Hall–Kier alpha value is -1.91. The average Bonchev–Trinajstić information content (AvgIpc) is 2.76. The van der Waals surface area contributed by atoms with Crippen molar-refractivity contribution in [1.82, 2.24) is 15.5 Å². The summed E-state index contributed by atoms with van der Waals surface area (Å²) >= 11 is 0. The minimum Gasteiger partial charge on any atom is -0.493 e. The molecule has 9 heteroatoms. The number of guanidine groups is 1. The molecule has 1 heterocycles. The fourth-order valence-corrected chi connectivity index (χ4v) is 3.63. The molecule has 188 valence electrons. The van der Waals surface area contributed by atoms with Crippen molar-refractivity contribution in [3.05, 3.63) is 23.8 Å². The second-order valence-corrected chi connectivity index (χ2v) is 9.02. The van der Waals surface area contributed by atoms with Crippen molar-refractivity contribution in [2.45, 2.75) is 52.6 Å². The number of benzene rings is 1. The third kappa shape index (κ3) is 10.3. The van der Waals surface area contributed by atoms with E-state index >= 15 is 0 Å². The van der Waals surface area contributed by atoms with Crippen LogP contribution in [0.3, 0.4) is 0 Å². The number of methoxy groups -OCH3 is 2. The van der Waals surface area contributed by atoms with Gasteiger partial charge in [-0.15, -0.1) is 24.0 Å². The standard InChI is InChI=1S/C24H40N4O4.HI/c1-7-25-22(26-13-12-18-10-11-20(30-5)21(15-18)31-6)27-16-19-9-8-14-28(17-19)23(29)32-24(2,3)4;/h10-11,15,19H,7-9,12-14,16-17H2,1-6H3,(H2,25,26,27);1H. The third-order valence-corrected chi connectivity index (χ3v) is 5.18. The number of nitrogens with one attached hydrogen (secondary N) is 2. The lowest BCUT2D eigenvalue weighted by atomic mass is 9.98. The zero-order chi connectivity index (χ0) is 23.6. The Kier molecular flexibility index (Phi) is 12.7. The molecule has 1 aliphatic heterocycles. The van der Waals surface area contributed by atoms with E-state index in [0.29, 0.717) is 19.0 Å². The van der Waals surface area contributed by atoms with Gasteiger partial charge in [0.25, 0.3) is 0 Å². The molecular formula is C24H41IN4O4. The van der Waals surface area contributed by atoms with Crippen LogP contribution in [-0.2, 0) is 11.2 Å². The predicted molar refractivity (Wildman–Crippen MR) is 143 cm³/mol. The number of carbonyl (C=O) groups excluding carboxylic acids is 1. The van der Waals surface area contributed by atoms with Gasteiger partial charge in [0.05, 0.1) is 14.2 Å². The minimum atomic E-state index is -0.474. The van der Waals surface area contributed by atoms with E-state index in [1.54, 1.807) is 14.2 Å². The van der Waals surface area contributed by atoms with Crippen LogP contribution in [0, 0.1) is 5.92 Å². The molecule has 1 fully saturated rings. The first-order chi connectivity index (χ1) is 15.3. The monoisotopic (exact) mass is 576 g/mol. The van der Waals surface area contributed by atoms with E-state index in [4.69, 9.17) is 19.2 Å². The van der Waals surface area contributed by atoms with Crippen LogP contribution in [0.15, 0.2) is 23.2 Å². The Balaban J connectivity index is 0.00000544. The summed E-state index contributed by atoms with van der Waals surface area (Å²) in [5.41, 5.74) is 0.685. The number of halogens is 1. The SMILES string of the molecule is CCNC(=NCC1CCCN(C(=O)OC(C)(C)C)C1)NCCc1ccc(OC)c(OC)c1.I. The molecule has 1 saturated heterocycles. The number of rotatable bonds is 8. The highest BCUT2D eigenvalue weighted by atomic mass is 127. The summed E-state index contributed by atoms with van der Waals surface area (Å²) in [6.07, 6.45) is 2.64. The Bertz CT molecular complexity index is 767. The molecular weight excluding hydrogens is 535 g/mol. The molecule has 2 N–H and O–H groups in total. The van der Waals surface area contributed by atoms with Gasteiger partial charge in [-0.25, -0.2) is 4.79 Å². The number of hydrogen-bond donors (Lipinski definition) is 2. The maximum Gasteiger partial charge on any atom is 0.410 e. The van der Waals surface area contributed by atoms with Crippen LogP contribution in [0.4, 0.5) is 4.79 Å². The molecule has 0 spiro atoms. The molecule has 33 heavy (non-hydrogen) atoms. The minimum absolute atomic E-state index is 0. The van der Waals surface area contributed by atoms with Crippen LogP contribution >= 0.6 is 24.0 Å². The Morgan fingerprint density at radius 1 is 1.18 bits per heavy atom. The summed E-state index contributed by atoms with van der Waals surface area (Å²) in [7, 11) is 3.28. The van der Waals surface area contributed by atoms with Crippen molar-refractivity contribution in [2.24, 2.45) is 10.9 Å². The van der Waals surface area contributed by atoms with Crippen molar-refractivity contribution in [3.63, 3.8) is 0 Å². The maximum atomic E-state index is 12.4. The summed E-state index contributed by atoms with van der Waals surface area (Å²) in [6.45, 7) is 11.4. The van der Waals surface area contributed by atoms with E-state index in [9.17, 15) is 4.79 Å². The number of carbonyl (C=O) groups is 1. The Morgan fingerprint density at radius 2 is 1.91 bits per heavy atom. The topological polar surface area (TPSA) is 84.4 Å². The molecule has 1 unspecified atom stereocenters. The van der Waals surface area contributed by atoms with Gasteiger partial charge >= 0.3 is 6.09 Å². The van der Waals surface area contributed by atoms with Gasteiger partial charge in [0, 0.05) is 32.7 Å². The van der Waals surface area contributed by atoms with E-state index in [-0.39, 0.29) is 30.1 Å². The normalized spacial score (nSPS) is 16.5. The average molecular weight is 577 g/mol. The first kappa shape index (κ1) is 29.1. The van der Waals surface area contributed by atoms with Gasteiger partial charge in [0.15, 0.2) is 17.5 Å².